The van der Waals surface area contributed by atoms with Crippen LogP contribution in [0.25, 0.3) is 32.9 Å². The Balaban J connectivity index is 1.78. The molecule has 0 saturated carbocycles. The minimum atomic E-state index is -0.766. The second-order valence-corrected chi connectivity index (χ2v) is 8.54. The zero-order chi connectivity index (χ0) is 24.9. The van der Waals surface area contributed by atoms with Gasteiger partial charge in [-0.15, -0.1) is 6.42 Å². The Hall–Kier alpha value is -4.03. The molecule has 5 rings (SSSR count). The van der Waals surface area contributed by atoms with Crippen LogP contribution in [0.1, 0.15) is 19.4 Å². The monoisotopic (exact) mass is 476 g/mol. The van der Waals surface area contributed by atoms with E-state index in [-0.39, 0.29) is 51.7 Å². The van der Waals surface area contributed by atoms with Crippen molar-refractivity contribution >= 4 is 27.5 Å². The van der Waals surface area contributed by atoms with Crippen molar-refractivity contribution in [3.8, 4) is 35.4 Å². The lowest BCUT2D eigenvalue weighted by Crippen LogP contribution is -2.46. The van der Waals surface area contributed by atoms with Crippen molar-refractivity contribution in [2.75, 3.05) is 25.1 Å². The molecule has 3 heterocycles. The first kappa shape index (κ1) is 22.7. The number of nitrogens with zero attached hydrogens (tertiary/aromatic N) is 4. The van der Waals surface area contributed by atoms with Gasteiger partial charge in [0.2, 0.25) is 0 Å². The van der Waals surface area contributed by atoms with Gasteiger partial charge in [-0.2, -0.15) is 9.97 Å². The molecule has 9 heteroatoms. The third-order valence-electron chi connectivity index (χ3n) is 6.00. The zero-order valence-corrected chi connectivity index (χ0v) is 19.3. The molecule has 1 saturated heterocycles. The van der Waals surface area contributed by atoms with E-state index in [1.165, 1.54) is 37.6 Å². The fourth-order valence-corrected chi connectivity index (χ4v) is 4.65. The second kappa shape index (κ2) is 8.64. The summed E-state index contributed by atoms with van der Waals surface area (Å²) in [6.45, 7) is 5.00. The molecule has 0 amide bonds. The van der Waals surface area contributed by atoms with Gasteiger partial charge in [-0.05, 0) is 37.4 Å². The molecule has 2 unspecified atom stereocenters. The van der Waals surface area contributed by atoms with E-state index >= 15 is 4.39 Å². The average molecular weight is 476 g/mol. The van der Waals surface area contributed by atoms with Gasteiger partial charge in [0.05, 0.1) is 30.3 Å². The van der Waals surface area contributed by atoms with Crippen molar-refractivity contribution in [3.05, 3.63) is 47.7 Å². The Bertz CT molecular complexity index is 1510. The van der Waals surface area contributed by atoms with E-state index < -0.39 is 11.6 Å². The number of terminal acetylenes is 1. The SMILES string of the molecule is C#Cc1c(F)ccc2cc(O)cc(-c3ncc4c(N5CC(C)OC(C)C5)nc(OC)nc4c3F)c12. The molecule has 2 aromatic heterocycles. The minimum Gasteiger partial charge on any atom is -0.508 e. The number of rotatable bonds is 3. The van der Waals surface area contributed by atoms with Crippen LogP contribution in [0.3, 0.4) is 0 Å². The van der Waals surface area contributed by atoms with Crippen LogP contribution in [0.2, 0.25) is 0 Å². The smallest absolute Gasteiger partial charge is 0.318 e. The lowest BCUT2D eigenvalue weighted by atomic mass is 9.96. The molecule has 178 valence electrons. The number of benzene rings is 2. The van der Waals surface area contributed by atoms with Crippen molar-refractivity contribution in [3.63, 3.8) is 0 Å². The summed E-state index contributed by atoms with van der Waals surface area (Å²) in [5.74, 6) is 1.27. The molecule has 0 radical (unpaired) electrons. The van der Waals surface area contributed by atoms with Gasteiger partial charge in [0.25, 0.3) is 0 Å². The molecule has 0 aliphatic carbocycles. The first-order chi connectivity index (χ1) is 16.8. The summed E-state index contributed by atoms with van der Waals surface area (Å²) in [4.78, 5) is 15.1. The van der Waals surface area contributed by atoms with E-state index in [2.05, 4.69) is 20.9 Å². The number of pyridine rings is 1. The highest BCUT2D eigenvalue weighted by atomic mass is 19.1. The maximum atomic E-state index is 16.1. The van der Waals surface area contributed by atoms with Gasteiger partial charge < -0.3 is 19.5 Å². The van der Waals surface area contributed by atoms with Gasteiger partial charge in [-0.3, -0.25) is 4.98 Å². The van der Waals surface area contributed by atoms with Crippen LogP contribution in [0, 0.1) is 24.0 Å². The third-order valence-corrected chi connectivity index (χ3v) is 6.00. The number of aromatic hydroxyl groups is 1. The quantitative estimate of drug-likeness (QED) is 0.438. The molecule has 1 aliphatic heterocycles. The van der Waals surface area contributed by atoms with E-state index in [1.54, 1.807) is 0 Å². The largest absolute Gasteiger partial charge is 0.508 e. The molecule has 1 N–H and O–H groups in total. The van der Waals surface area contributed by atoms with E-state index in [9.17, 15) is 9.50 Å². The maximum Gasteiger partial charge on any atom is 0.318 e. The van der Waals surface area contributed by atoms with Crippen LogP contribution in [0.5, 0.6) is 11.8 Å². The molecule has 1 aliphatic rings. The van der Waals surface area contributed by atoms with Gasteiger partial charge in [0.1, 0.15) is 28.6 Å². The first-order valence-corrected chi connectivity index (χ1v) is 11.0. The lowest BCUT2D eigenvalue weighted by Gasteiger charge is -2.36. The molecule has 4 aromatic rings. The van der Waals surface area contributed by atoms with Crippen LogP contribution >= 0.6 is 0 Å². The lowest BCUT2D eigenvalue weighted by molar-refractivity contribution is -0.00540. The summed E-state index contributed by atoms with van der Waals surface area (Å²) < 4.78 is 41.7. The van der Waals surface area contributed by atoms with Crippen molar-refractivity contribution in [1.82, 2.24) is 15.0 Å². The van der Waals surface area contributed by atoms with Gasteiger partial charge in [0, 0.05) is 30.2 Å². The molecular formula is C26H22F2N4O3. The molecule has 35 heavy (non-hydrogen) atoms. The summed E-state index contributed by atoms with van der Waals surface area (Å²) in [5, 5.41) is 11.4. The highest BCUT2D eigenvalue weighted by Gasteiger charge is 2.27. The number of anilines is 1. The fourth-order valence-electron chi connectivity index (χ4n) is 4.65. The predicted molar refractivity (Wildman–Crippen MR) is 129 cm³/mol. The Labute approximate surface area is 200 Å². The molecule has 2 atom stereocenters. The minimum absolute atomic E-state index is 0.00790. The molecule has 2 aromatic carbocycles. The van der Waals surface area contributed by atoms with E-state index in [1.807, 2.05) is 18.7 Å². The number of hydrogen-bond donors (Lipinski definition) is 1. The van der Waals surface area contributed by atoms with E-state index in [0.29, 0.717) is 29.7 Å². The number of phenolic OH excluding ortho intramolecular Hbond substituents is 1. The summed E-state index contributed by atoms with van der Waals surface area (Å²) in [7, 11) is 1.40. The number of morpholine rings is 1. The third kappa shape index (κ3) is 3.86. The summed E-state index contributed by atoms with van der Waals surface area (Å²) in [6.07, 6.45) is 6.94. The number of phenols is 1. The molecule has 7 nitrogen and oxygen atoms in total. The predicted octanol–water partition coefficient (Wildman–Crippen LogP) is 4.43. The van der Waals surface area contributed by atoms with Crippen molar-refractivity contribution in [2.24, 2.45) is 0 Å². The van der Waals surface area contributed by atoms with Crippen molar-refractivity contribution in [1.29, 1.82) is 0 Å². The summed E-state index contributed by atoms with van der Waals surface area (Å²) >= 11 is 0. The Morgan fingerprint density at radius 2 is 1.91 bits per heavy atom. The molecular weight excluding hydrogens is 454 g/mol. The number of hydrogen-bond acceptors (Lipinski definition) is 7. The van der Waals surface area contributed by atoms with Crippen LogP contribution in [0.15, 0.2) is 30.5 Å². The second-order valence-electron chi connectivity index (χ2n) is 8.54. The highest BCUT2D eigenvalue weighted by Crippen LogP contribution is 2.38. The Morgan fingerprint density at radius 1 is 1.17 bits per heavy atom. The van der Waals surface area contributed by atoms with Crippen molar-refractivity contribution in [2.45, 2.75) is 26.1 Å². The van der Waals surface area contributed by atoms with Crippen LogP contribution < -0.4 is 9.64 Å². The normalized spacial score (nSPS) is 18.1. The summed E-state index contributed by atoms with van der Waals surface area (Å²) in [5.41, 5.74) is -0.0367. The van der Waals surface area contributed by atoms with Crippen LogP contribution in [-0.2, 0) is 4.74 Å². The van der Waals surface area contributed by atoms with Gasteiger partial charge in [-0.1, -0.05) is 12.0 Å². The fraction of sp³-hybridized carbons (Fsp3) is 0.269. The maximum absolute atomic E-state index is 16.1. The first-order valence-electron chi connectivity index (χ1n) is 11.0. The van der Waals surface area contributed by atoms with Gasteiger partial charge >= 0.3 is 6.01 Å². The molecule has 0 spiro atoms. The zero-order valence-electron chi connectivity index (χ0n) is 19.3. The van der Waals surface area contributed by atoms with Crippen LogP contribution in [0.4, 0.5) is 14.6 Å². The Morgan fingerprint density at radius 3 is 2.60 bits per heavy atom. The number of ether oxygens (including phenoxy) is 2. The number of aromatic nitrogens is 3. The summed E-state index contributed by atoms with van der Waals surface area (Å²) in [6, 6.07) is 5.41. The topological polar surface area (TPSA) is 80.6 Å². The molecule has 1 fully saturated rings. The van der Waals surface area contributed by atoms with Crippen LogP contribution in [-0.4, -0.2) is 52.5 Å². The van der Waals surface area contributed by atoms with E-state index in [0.717, 1.165) is 0 Å². The highest BCUT2D eigenvalue weighted by molar-refractivity contribution is 6.03. The van der Waals surface area contributed by atoms with E-state index in [4.69, 9.17) is 15.9 Å². The van der Waals surface area contributed by atoms with Crippen molar-refractivity contribution < 1.29 is 23.4 Å². The average Bonchev–Trinajstić information content (AvgIpc) is 2.83. The van der Waals surface area contributed by atoms with Gasteiger partial charge in [-0.25, -0.2) is 8.78 Å². The van der Waals surface area contributed by atoms with Gasteiger partial charge in [0.15, 0.2) is 5.82 Å². The number of halogens is 2. The standard InChI is InChI=1S/C26H22F2N4O3/c1-5-17-20(27)7-6-15-8-16(33)9-18(21(15)17)23-22(28)24-19(10-29-23)25(31-26(30-24)34-4)32-11-13(2)35-14(3)12-32/h1,6-10,13-14,33H,11-12H2,2-4H3. The number of fused-ring (bicyclic) bond motifs is 2. The molecule has 0 bridgehead atoms. The Kier molecular flexibility index (Phi) is 5.61. The number of methoxy groups -OCH3 is 1.